The van der Waals surface area contributed by atoms with Gasteiger partial charge in [-0.2, -0.15) is 0 Å². The third-order valence-corrected chi connectivity index (χ3v) is 6.93. The van der Waals surface area contributed by atoms with E-state index in [0.717, 1.165) is 17.4 Å². The second kappa shape index (κ2) is 9.51. The number of hydrogen-bond donors (Lipinski definition) is 2. The molecule has 1 aromatic rings. The van der Waals surface area contributed by atoms with E-state index < -0.39 is 10.8 Å². The Balaban J connectivity index is 1.53. The van der Waals surface area contributed by atoms with Crippen LogP contribution in [0, 0.1) is 0 Å². The molecule has 3 unspecified atom stereocenters. The highest BCUT2D eigenvalue weighted by molar-refractivity contribution is 7.85. The van der Waals surface area contributed by atoms with E-state index in [2.05, 4.69) is 34.5 Å². The summed E-state index contributed by atoms with van der Waals surface area (Å²) in [6.07, 6.45) is 6.37. The summed E-state index contributed by atoms with van der Waals surface area (Å²) in [5.41, 5.74) is 0. The van der Waals surface area contributed by atoms with Gasteiger partial charge in [0.1, 0.15) is 0 Å². The second-order valence-corrected chi connectivity index (χ2v) is 8.91. The first-order valence-electron chi connectivity index (χ1n) is 9.87. The van der Waals surface area contributed by atoms with Crippen LogP contribution in [0.1, 0.15) is 39.0 Å². The van der Waals surface area contributed by atoms with Crippen LogP contribution in [0.5, 0.6) is 0 Å². The lowest BCUT2D eigenvalue weighted by Crippen LogP contribution is -2.56. The first-order chi connectivity index (χ1) is 12.7. The Kier molecular flexibility index (Phi) is 7.08. The van der Waals surface area contributed by atoms with E-state index in [1.165, 1.54) is 32.1 Å². The Hall–Kier alpha value is -1.40. The number of benzene rings is 1. The molecule has 26 heavy (non-hydrogen) atoms. The zero-order chi connectivity index (χ0) is 18.4. The van der Waals surface area contributed by atoms with Crippen LogP contribution in [0.15, 0.2) is 40.2 Å². The van der Waals surface area contributed by atoms with E-state index in [4.69, 9.17) is 0 Å². The fourth-order valence-corrected chi connectivity index (χ4v) is 5.13. The molecule has 2 heterocycles. The van der Waals surface area contributed by atoms with Crippen molar-refractivity contribution in [2.45, 2.75) is 62.0 Å². The minimum atomic E-state index is -0.988. The summed E-state index contributed by atoms with van der Waals surface area (Å²) in [6, 6.07) is 11.5. The number of fused-ring (bicyclic) bond motifs is 2. The van der Waals surface area contributed by atoms with Gasteiger partial charge in [0, 0.05) is 35.3 Å². The van der Waals surface area contributed by atoms with Gasteiger partial charge in [0.2, 0.25) is 0 Å². The summed E-state index contributed by atoms with van der Waals surface area (Å²) in [7, 11) is 1.29. The van der Waals surface area contributed by atoms with E-state index in [9.17, 15) is 4.21 Å². The molecule has 5 nitrogen and oxygen atoms in total. The predicted octanol–water partition coefficient (Wildman–Crippen LogP) is 2.36. The van der Waals surface area contributed by atoms with Gasteiger partial charge in [-0.25, -0.2) is 0 Å². The molecule has 0 amide bonds. The Morgan fingerprint density at radius 1 is 1.23 bits per heavy atom. The van der Waals surface area contributed by atoms with Gasteiger partial charge in [0.05, 0.1) is 17.3 Å². The van der Waals surface area contributed by atoms with Gasteiger partial charge >= 0.3 is 0 Å². The van der Waals surface area contributed by atoms with Gasteiger partial charge in [-0.05, 0) is 51.8 Å². The maximum absolute atomic E-state index is 12.3. The van der Waals surface area contributed by atoms with Gasteiger partial charge in [-0.1, -0.05) is 24.6 Å². The molecule has 2 N–H and O–H groups in total. The summed E-state index contributed by atoms with van der Waals surface area (Å²) in [5.74, 6) is 1.42. The molecule has 2 aliphatic heterocycles. The fraction of sp³-hybridized carbons (Fsp3) is 0.650. The molecule has 0 saturated carbocycles. The molecule has 0 spiro atoms. The van der Waals surface area contributed by atoms with Crippen molar-refractivity contribution >= 4 is 16.8 Å². The monoisotopic (exact) mass is 376 g/mol. The normalized spacial score (nSPS) is 27.8. The van der Waals surface area contributed by atoms with E-state index in [-0.39, 0.29) is 0 Å². The van der Waals surface area contributed by atoms with E-state index in [1.807, 2.05) is 30.3 Å². The van der Waals surface area contributed by atoms with Gasteiger partial charge in [0.25, 0.3) is 0 Å². The van der Waals surface area contributed by atoms with E-state index in [1.54, 1.807) is 0 Å². The molecule has 1 aromatic carbocycles. The first kappa shape index (κ1) is 19.4. The molecule has 0 radical (unpaired) electrons. The quantitative estimate of drug-likeness (QED) is 0.591. The number of guanidine groups is 1. The van der Waals surface area contributed by atoms with Gasteiger partial charge in [-0.15, -0.1) is 0 Å². The maximum Gasteiger partial charge on any atom is 0.191 e. The summed E-state index contributed by atoms with van der Waals surface area (Å²) in [6.45, 7) is 3.49. The highest BCUT2D eigenvalue weighted by atomic mass is 32.2. The number of nitrogens with one attached hydrogen (secondary N) is 2. The zero-order valence-electron chi connectivity index (χ0n) is 16.0. The predicted molar refractivity (Wildman–Crippen MR) is 109 cm³/mol. The molecule has 3 rings (SSSR count). The van der Waals surface area contributed by atoms with Crippen molar-refractivity contribution in [3.8, 4) is 0 Å². The molecule has 3 atom stereocenters. The molecule has 6 heteroatoms. The van der Waals surface area contributed by atoms with Crippen LogP contribution in [-0.4, -0.2) is 59.1 Å². The smallest absolute Gasteiger partial charge is 0.191 e. The molecule has 0 aromatic heterocycles. The van der Waals surface area contributed by atoms with Crippen LogP contribution >= 0.6 is 0 Å². The van der Waals surface area contributed by atoms with Gasteiger partial charge in [0.15, 0.2) is 5.96 Å². The Labute approximate surface area is 160 Å². The van der Waals surface area contributed by atoms with Crippen molar-refractivity contribution in [2.75, 3.05) is 25.9 Å². The minimum Gasteiger partial charge on any atom is -0.357 e. The average molecular weight is 377 g/mol. The molecule has 2 bridgehead atoms. The molecule has 0 aliphatic carbocycles. The Bertz CT molecular complexity index is 607. The molecule has 144 valence electrons. The zero-order valence-corrected chi connectivity index (χ0v) is 16.8. The number of piperidine rings is 2. The highest BCUT2D eigenvalue weighted by Gasteiger charge is 2.36. The van der Waals surface area contributed by atoms with Crippen LogP contribution in [0.3, 0.4) is 0 Å². The summed E-state index contributed by atoms with van der Waals surface area (Å²) < 4.78 is 12.3. The largest absolute Gasteiger partial charge is 0.357 e. The SMILES string of the molecule is CCNC(=NCCS(=O)c1ccccc1)NC1CC2CCCC(C1)N2C. The van der Waals surface area contributed by atoms with Gasteiger partial charge in [-0.3, -0.25) is 9.20 Å². The lowest BCUT2D eigenvalue weighted by molar-refractivity contribution is 0.0526. The first-order valence-corrected chi connectivity index (χ1v) is 11.2. The molecular formula is C20H32N4OS. The summed E-state index contributed by atoms with van der Waals surface area (Å²) in [5, 5.41) is 6.98. The van der Waals surface area contributed by atoms with E-state index >= 15 is 0 Å². The van der Waals surface area contributed by atoms with Crippen LogP contribution < -0.4 is 10.6 Å². The average Bonchev–Trinajstić information content (AvgIpc) is 2.63. The molecular weight excluding hydrogens is 344 g/mol. The Morgan fingerprint density at radius 2 is 1.92 bits per heavy atom. The lowest BCUT2D eigenvalue weighted by Gasteiger charge is -2.47. The Morgan fingerprint density at radius 3 is 2.58 bits per heavy atom. The third-order valence-electron chi connectivity index (χ3n) is 5.58. The fourth-order valence-electron chi connectivity index (χ4n) is 4.18. The van der Waals surface area contributed by atoms with Crippen LogP contribution in [0.25, 0.3) is 0 Å². The van der Waals surface area contributed by atoms with Gasteiger partial charge < -0.3 is 15.5 Å². The third kappa shape index (κ3) is 5.07. The maximum atomic E-state index is 12.3. The topological polar surface area (TPSA) is 56.7 Å². The molecule has 2 saturated heterocycles. The number of aliphatic imine (C=N–C) groups is 1. The van der Waals surface area contributed by atoms with Crippen molar-refractivity contribution < 1.29 is 4.21 Å². The van der Waals surface area contributed by atoms with Crippen LogP contribution in [-0.2, 0) is 10.8 Å². The van der Waals surface area contributed by atoms with E-state index in [0.29, 0.717) is 30.4 Å². The minimum absolute atomic E-state index is 0.485. The second-order valence-electron chi connectivity index (χ2n) is 7.34. The number of rotatable bonds is 6. The van der Waals surface area contributed by atoms with Crippen molar-refractivity contribution in [1.82, 2.24) is 15.5 Å². The van der Waals surface area contributed by atoms with Crippen LogP contribution in [0.4, 0.5) is 0 Å². The highest BCUT2D eigenvalue weighted by Crippen LogP contribution is 2.32. The number of nitrogens with zero attached hydrogens (tertiary/aromatic N) is 2. The number of hydrogen-bond acceptors (Lipinski definition) is 3. The van der Waals surface area contributed by atoms with Crippen molar-refractivity contribution in [1.29, 1.82) is 0 Å². The summed E-state index contributed by atoms with van der Waals surface area (Å²) in [4.78, 5) is 8.13. The van der Waals surface area contributed by atoms with Crippen molar-refractivity contribution in [2.24, 2.45) is 4.99 Å². The molecule has 2 aliphatic rings. The van der Waals surface area contributed by atoms with Crippen molar-refractivity contribution in [3.05, 3.63) is 30.3 Å². The van der Waals surface area contributed by atoms with Crippen LogP contribution in [0.2, 0.25) is 0 Å². The standard InChI is InChI=1S/C20H32N4OS/c1-3-21-20(22-12-13-26(25)19-10-5-4-6-11-19)23-16-14-17-8-7-9-18(15-16)24(17)2/h4-6,10-11,16-18H,3,7-9,12-15H2,1-2H3,(H2,21,22,23). The molecule has 2 fully saturated rings. The lowest BCUT2D eigenvalue weighted by atomic mass is 9.82. The summed E-state index contributed by atoms with van der Waals surface area (Å²) >= 11 is 0. The van der Waals surface area contributed by atoms with Crippen molar-refractivity contribution in [3.63, 3.8) is 0 Å².